The van der Waals surface area contributed by atoms with Gasteiger partial charge in [0.25, 0.3) is 0 Å². The van der Waals surface area contributed by atoms with Gasteiger partial charge >= 0.3 is 0 Å². The number of fused-ring (bicyclic) bond motifs is 1. The third-order valence-electron chi connectivity index (χ3n) is 5.62. The number of nitriles is 1. The summed E-state index contributed by atoms with van der Waals surface area (Å²) in [4.78, 5) is 10.7. The number of nitrogens with zero attached hydrogens (tertiary/aromatic N) is 4. The van der Waals surface area contributed by atoms with Crippen LogP contribution in [-0.4, -0.2) is 28.4 Å². The Kier molecular flexibility index (Phi) is 6.22. The second-order valence-electron chi connectivity index (χ2n) is 7.50. The molecule has 1 aromatic heterocycles. The van der Waals surface area contributed by atoms with E-state index in [1.165, 1.54) is 0 Å². The summed E-state index contributed by atoms with van der Waals surface area (Å²) in [6.07, 6.45) is 2.28. The van der Waals surface area contributed by atoms with Gasteiger partial charge in [-0.15, -0.1) is 0 Å². The first kappa shape index (κ1) is 22.2. The number of nitrogens with one attached hydrogen (secondary N) is 1. The largest absolute Gasteiger partial charge is 0.325 e. The third-order valence-corrected chi connectivity index (χ3v) is 5.95. The number of aromatic nitrogens is 2. The first-order valence-electron chi connectivity index (χ1n) is 10.2. The van der Waals surface area contributed by atoms with Crippen molar-refractivity contribution in [2.45, 2.75) is 6.92 Å². The summed E-state index contributed by atoms with van der Waals surface area (Å²) in [5, 5.41) is 20.8. The quantitative estimate of drug-likeness (QED) is 0.258. The van der Waals surface area contributed by atoms with Gasteiger partial charge in [0.15, 0.2) is 0 Å². The molecule has 0 bridgehead atoms. The van der Waals surface area contributed by atoms with Crippen molar-refractivity contribution in [1.82, 2.24) is 15.2 Å². The summed E-state index contributed by atoms with van der Waals surface area (Å²) in [5.41, 5.74) is 14.4. The number of hydrogen-bond donors (Lipinski definition) is 2. The Morgan fingerprint density at radius 2 is 2.06 bits per heavy atom. The molecule has 0 saturated heterocycles. The van der Waals surface area contributed by atoms with Gasteiger partial charge in [0, 0.05) is 46.1 Å². The summed E-state index contributed by atoms with van der Waals surface area (Å²) in [6.45, 7) is 2.12. The molecule has 0 aliphatic heterocycles. The van der Waals surface area contributed by atoms with E-state index in [9.17, 15) is 10.1 Å². The summed E-state index contributed by atoms with van der Waals surface area (Å²) < 4.78 is 1.76. The molecule has 0 aliphatic rings. The van der Waals surface area contributed by atoms with Gasteiger partial charge in [-0.05, 0) is 30.2 Å². The molecule has 4 rings (SSSR count). The molecule has 3 aromatic carbocycles. The minimum Gasteiger partial charge on any atom is -0.325 e. The molecule has 33 heavy (non-hydrogen) atoms. The van der Waals surface area contributed by atoms with E-state index in [0.29, 0.717) is 22.7 Å². The number of benzene rings is 3. The number of aryl methyl sites for hydroxylation is 2. The van der Waals surface area contributed by atoms with Crippen LogP contribution in [0.15, 0.2) is 59.8 Å². The lowest BCUT2D eigenvalue weighted by Crippen LogP contribution is -2.20. The van der Waals surface area contributed by atoms with Crippen molar-refractivity contribution in [2.75, 3.05) is 6.54 Å². The minimum absolute atomic E-state index is 0.162. The molecule has 0 saturated carbocycles. The van der Waals surface area contributed by atoms with Crippen LogP contribution in [0.25, 0.3) is 33.2 Å². The predicted molar refractivity (Wildman–Crippen MR) is 131 cm³/mol. The van der Waals surface area contributed by atoms with Gasteiger partial charge in [0.1, 0.15) is 6.07 Å². The fourth-order valence-corrected chi connectivity index (χ4v) is 4.26. The molecule has 0 atom stereocenters. The van der Waals surface area contributed by atoms with Crippen LogP contribution in [0.5, 0.6) is 0 Å². The number of hydrazone groups is 1. The van der Waals surface area contributed by atoms with Gasteiger partial charge in [0.05, 0.1) is 23.2 Å². The second-order valence-corrected chi connectivity index (χ2v) is 7.91. The Balaban J connectivity index is 1.94. The maximum atomic E-state index is 10.7. The second kappa shape index (κ2) is 9.25. The average Bonchev–Trinajstić information content (AvgIpc) is 3.21. The predicted octanol–water partition coefficient (Wildman–Crippen LogP) is 4.15. The SMILES string of the molecule is Cc1ccc(-c2cnn(C)c2-c2ccc3c(Cl)cccc3c2C#N)cc1/C(CN)=N\NC=O. The lowest BCUT2D eigenvalue weighted by molar-refractivity contribution is -0.109. The molecular weight excluding hydrogens is 436 g/mol. The number of carbonyl (C=O) groups excluding carboxylic acids is 1. The molecular formula is C25H21ClN6O. The summed E-state index contributed by atoms with van der Waals surface area (Å²) in [5.74, 6) is 0. The third kappa shape index (κ3) is 3.98. The van der Waals surface area contributed by atoms with Gasteiger partial charge in [-0.25, -0.2) is 5.43 Å². The molecule has 0 radical (unpaired) electrons. The van der Waals surface area contributed by atoms with Gasteiger partial charge in [-0.1, -0.05) is 48.0 Å². The number of nitrogens with two attached hydrogens (primary N) is 1. The van der Waals surface area contributed by atoms with Gasteiger partial charge in [0.2, 0.25) is 6.41 Å². The van der Waals surface area contributed by atoms with Crippen LogP contribution >= 0.6 is 11.6 Å². The van der Waals surface area contributed by atoms with Crippen molar-refractivity contribution in [3.63, 3.8) is 0 Å². The highest BCUT2D eigenvalue weighted by Crippen LogP contribution is 2.38. The molecule has 8 heteroatoms. The standard InChI is InChI=1S/C25H21ClN6O/c1-15-6-7-16(10-20(15)24(12-28)31-29-14-33)22-13-30-32(2)25(22)19-9-8-18-17(21(19)11-27)4-3-5-23(18)26/h3-10,13-14H,12,28H2,1-2H3,(H,29,33)/b31-24-. The van der Waals surface area contributed by atoms with Crippen molar-refractivity contribution in [2.24, 2.45) is 17.9 Å². The average molecular weight is 457 g/mol. The van der Waals surface area contributed by atoms with E-state index in [-0.39, 0.29) is 6.54 Å². The molecule has 7 nitrogen and oxygen atoms in total. The molecule has 0 aliphatic carbocycles. The first-order valence-corrected chi connectivity index (χ1v) is 10.6. The van der Waals surface area contributed by atoms with E-state index in [4.69, 9.17) is 17.3 Å². The van der Waals surface area contributed by atoms with Crippen molar-refractivity contribution >= 4 is 34.5 Å². The summed E-state index contributed by atoms with van der Waals surface area (Å²) in [7, 11) is 1.85. The summed E-state index contributed by atoms with van der Waals surface area (Å²) in [6, 6.07) is 17.7. The first-order chi connectivity index (χ1) is 16.0. The van der Waals surface area contributed by atoms with Gasteiger partial charge < -0.3 is 5.73 Å². The molecule has 0 unspecified atom stereocenters. The van der Waals surface area contributed by atoms with Crippen LogP contribution < -0.4 is 11.2 Å². The number of rotatable bonds is 6. The monoisotopic (exact) mass is 456 g/mol. The molecule has 0 spiro atoms. The van der Waals surface area contributed by atoms with E-state index in [1.807, 2.05) is 62.5 Å². The zero-order valence-corrected chi connectivity index (χ0v) is 18.9. The van der Waals surface area contributed by atoms with Crippen LogP contribution in [0.1, 0.15) is 16.7 Å². The number of carbonyl (C=O) groups is 1. The van der Waals surface area contributed by atoms with E-state index in [0.717, 1.165) is 44.3 Å². The highest BCUT2D eigenvalue weighted by atomic mass is 35.5. The van der Waals surface area contributed by atoms with Gasteiger partial charge in [-0.3, -0.25) is 9.48 Å². The maximum Gasteiger partial charge on any atom is 0.227 e. The lowest BCUT2D eigenvalue weighted by atomic mass is 9.92. The Morgan fingerprint density at radius 1 is 1.24 bits per heavy atom. The van der Waals surface area contributed by atoms with Crippen LogP contribution in [0.2, 0.25) is 5.02 Å². The van der Waals surface area contributed by atoms with Crippen LogP contribution in [0.4, 0.5) is 0 Å². The summed E-state index contributed by atoms with van der Waals surface area (Å²) >= 11 is 6.36. The van der Waals surface area contributed by atoms with Crippen LogP contribution in [-0.2, 0) is 11.8 Å². The maximum absolute atomic E-state index is 10.7. The van der Waals surface area contributed by atoms with Crippen LogP contribution in [0, 0.1) is 18.3 Å². The molecule has 0 fully saturated rings. The normalized spacial score (nSPS) is 11.4. The van der Waals surface area contributed by atoms with Crippen LogP contribution in [0.3, 0.4) is 0 Å². The van der Waals surface area contributed by atoms with Crippen molar-refractivity contribution < 1.29 is 4.79 Å². The molecule has 3 N–H and O–H groups in total. The number of hydrogen-bond acceptors (Lipinski definition) is 5. The highest BCUT2D eigenvalue weighted by Gasteiger charge is 2.19. The Hall–Kier alpha value is -3.99. The van der Waals surface area contributed by atoms with Crippen molar-refractivity contribution in [1.29, 1.82) is 5.26 Å². The Labute approximate surface area is 196 Å². The fraction of sp³-hybridized carbons (Fsp3) is 0.120. The number of amides is 1. The Morgan fingerprint density at radius 3 is 2.79 bits per heavy atom. The van der Waals surface area contributed by atoms with Gasteiger partial charge in [-0.2, -0.15) is 15.5 Å². The number of halogens is 1. The van der Waals surface area contributed by atoms with E-state index in [2.05, 4.69) is 21.7 Å². The zero-order chi connectivity index (χ0) is 23.5. The van der Waals surface area contributed by atoms with Crippen molar-refractivity contribution in [3.8, 4) is 28.5 Å². The Bertz CT molecular complexity index is 1450. The molecule has 4 aromatic rings. The highest BCUT2D eigenvalue weighted by molar-refractivity contribution is 6.35. The smallest absolute Gasteiger partial charge is 0.227 e. The van der Waals surface area contributed by atoms with E-state index < -0.39 is 0 Å². The molecule has 1 heterocycles. The molecule has 164 valence electrons. The lowest BCUT2D eigenvalue weighted by Gasteiger charge is -2.13. The zero-order valence-electron chi connectivity index (χ0n) is 18.1. The fourth-order valence-electron chi connectivity index (χ4n) is 4.03. The van der Waals surface area contributed by atoms with Crippen molar-refractivity contribution in [3.05, 3.63) is 76.4 Å². The minimum atomic E-state index is 0.162. The topological polar surface area (TPSA) is 109 Å². The van der Waals surface area contributed by atoms with E-state index >= 15 is 0 Å². The molecule has 1 amide bonds. The van der Waals surface area contributed by atoms with E-state index in [1.54, 1.807) is 10.9 Å².